The highest BCUT2D eigenvalue weighted by Gasteiger charge is 2.40. The molecule has 1 unspecified atom stereocenters. The van der Waals surface area contributed by atoms with Crippen LogP contribution in [0.15, 0.2) is 35.2 Å². The van der Waals surface area contributed by atoms with Crippen LogP contribution in [0.4, 0.5) is 5.82 Å². The van der Waals surface area contributed by atoms with Crippen LogP contribution < -0.4 is 4.90 Å². The Hall–Kier alpha value is -3.28. The predicted molar refractivity (Wildman–Crippen MR) is 171 cm³/mol. The number of aryl methyl sites for hydroxylation is 1. The van der Waals surface area contributed by atoms with Crippen LogP contribution in [0.2, 0.25) is 30.7 Å². The Balaban J connectivity index is 1.26. The Labute approximate surface area is 257 Å². The standard InChI is InChI=1S/C31H39ClN8O2Si/c1-19-12-21-6-7-22(13-19)40(21)27-14-33-30-24(15-38(31(30)35-27)18-41-10-11-43(3,4)5)23-8-9-26-25(29(23)32)16-39(36-26)17-28-34-20(2)37-42-28/h8-9,14-16,19,21-22H,6-7,10-13,17-18H2,1-5H3/t19?,21-,22+. The molecule has 43 heavy (non-hydrogen) atoms. The lowest BCUT2D eigenvalue weighted by Crippen LogP contribution is -2.43. The number of hydrogen-bond donors (Lipinski definition) is 0. The van der Waals surface area contributed by atoms with Crippen molar-refractivity contribution in [1.82, 2.24) is 34.5 Å². The van der Waals surface area contributed by atoms with Gasteiger partial charge in [0.2, 0.25) is 5.89 Å². The van der Waals surface area contributed by atoms with Gasteiger partial charge < -0.3 is 18.7 Å². The van der Waals surface area contributed by atoms with Crippen molar-refractivity contribution in [1.29, 1.82) is 0 Å². The van der Waals surface area contributed by atoms with E-state index in [-0.39, 0.29) is 0 Å². The molecule has 0 aliphatic carbocycles. The quantitative estimate of drug-likeness (QED) is 0.130. The highest BCUT2D eigenvalue weighted by molar-refractivity contribution is 6.76. The van der Waals surface area contributed by atoms with Crippen LogP contribution in [0.5, 0.6) is 0 Å². The topological polar surface area (TPSA) is 99.9 Å². The Morgan fingerprint density at radius 1 is 1.07 bits per heavy atom. The van der Waals surface area contributed by atoms with E-state index in [4.69, 9.17) is 30.8 Å². The minimum atomic E-state index is -1.21. The van der Waals surface area contributed by atoms with Gasteiger partial charge in [-0.05, 0) is 50.6 Å². The van der Waals surface area contributed by atoms with Gasteiger partial charge >= 0.3 is 0 Å². The van der Waals surface area contributed by atoms with E-state index >= 15 is 0 Å². The van der Waals surface area contributed by atoms with Gasteiger partial charge in [-0.15, -0.1) is 0 Å². The summed E-state index contributed by atoms with van der Waals surface area (Å²) >= 11 is 7.10. The normalized spacial score (nSPS) is 20.6. The molecule has 2 bridgehead atoms. The summed E-state index contributed by atoms with van der Waals surface area (Å²) in [6.45, 7) is 12.8. The molecule has 2 aliphatic rings. The largest absolute Gasteiger partial charge is 0.361 e. The van der Waals surface area contributed by atoms with Gasteiger partial charge in [-0.3, -0.25) is 4.68 Å². The summed E-state index contributed by atoms with van der Waals surface area (Å²) in [7, 11) is -1.21. The summed E-state index contributed by atoms with van der Waals surface area (Å²) in [6.07, 6.45) is 10.9. The zero-order valence-corrected chi connectivity index (χ0v) is 27.3. The van der Waals surface area contributed by atoms with Crippen LogP contribution in [-0.4, -0.2) is 61.2 Å². The lowest BCUT2D eigenvalue weighted by Gasteiger charge is -2.38. The molecule has 1 aromatic carbocycles. The number of nitrogens with zero attached hydrogens (tertiary/aromatic N) is 8. The molecule has 0 N–H and O–H groups in total. The van der Waals surface area contributed by atoms with Crippen molar-refractivity contribution in [3.8, 4) is 11.1 Å². The highest BCUT2D eigenvalue weighted by atomic mass is 35.5. The fourth-order valence-corrected chi connectivity index (χ4v) is 7.83. The molecular formula is C31H39ClN8O2Si. The first-order valence-electron chi connectivity index (χ1n) is 15.3. The third-order valence-electron chi connectivity index (χ3n) is 8.84. The average molecular weight is 619 g/mol. The Morgan fingerprint density at radius 3 is 2.58 bits per heavy atom. The van der Waals surface area contributed by atoms with E-state index in [2.05, 4.69) is 57.5 Å². The molecule has 12 heteroatoms. The zero-order valence-electron chi connectivity index (χ0n) is 25.5. The smallest absolute Gasteiger partial charge is 0.248 e. The minimum Gasteiger partial charge on any atom is -0.361 e. The lowest BCUT2D eigenvalue weighted by atomic mass is 9.92. The number of halogens is 1. The number of fused-ring (bicyclic) bond motifs is 4. The summed E-state index contributed by atoms with van der Waals surface area (Å²) < 4.78 is 15.4. The zero-order chi connectivity index (χ0) is 29.9. The molecule has 2 aliphatic heterocycles. The van der Waals surface area contributed by atoms with Crippen molar-refractivity contribution in [3.05, 3.63) is 47.5 Å². The van der Waals surface area contributed by atoms with Crippen LogP contribution in [0, 0.1) is 12.8 Å². The van der Waals surface area contributed by atoms with Crippen LogP contribution in [0.3, 0.4) is 0 Å². The summed E-state index contributed by atoms with van der Waals surface area (Å²) in [5.41, 5.74) is 4.28. The second-order valence-corrected chi connectivity index (χ2v) is 19.6. The molecule has 4 aromatic heterocycles. The second kappa shape index (κ2) is 11.0. The molecule has 2 saturated heterocycles. The van der Waals surface area contributed by atoms with Gasteiger partial charge in [0.25, 0.3) is 0 Å². The Kier molecular flexibility index (Phi) is 7.30. The molecule has 6 heterocycles. The van der Waals surface area contributed by atoms with Crippen molar-refractivity contribution in [3.63, 3.8) is 0 Å². The van der Waals surface area contributed by atoms with Crippen LogP contribution in [0.25, 0.3) is 33.2 Å². The summed E-state index contributed by atoms with van der Waals surface area (Å²) in [5, 5.41) is 10.0. The van der Waals surface area contributed by atoms with Crippen molar-refractivity contribution in [2.45, 2.75) is 90.6 Å². The lowest BCUT2D eigenvalue weighted by molar-refractivity contribution is 0.0899. The number of anilines is 1. The molecule has 10 nitrogen and oxygen atoms in total. The number of rotatable bonds is 9. The van der Waals surface area contributed by atoms with Gasteiger partial charge in [-0.25, -0.2) is 9.97 Å². The van der Waals surface area contributed by atoms with E-state index in [9.17, 15) is 0 Å². The molecular weight excluding hydrogens is 580 g/mol. The fraction of sp³-hybridized carbons (Fsp3) is 0.516. The van der Waals surface area contributed by atoms with Gasteiger partial charge in [-0.2, -0.15) is 10.1 Å². The second-order valence-electron chi connectivity index (χ2n) is 13.6. The SMILES string of the molecule is Cc1noc(Cn2cc3c(Cl)c(-c4cn(COCC[Si](C)(C)C)c5nc(N6[C@@H]7CC[C@H]6CC(C)C7)cnc45)ccc3n2)n1. The van der Waals surface area contributed by atoms with E-state index < -0.39 is 8.07 Å². The number of piperidine rings is 1. The van der Waals surface area contributed by atoms with Gasteiger partial charge in [0.05, 0.1) is 16.7 Å². The van der Waals surface area contributed by atoms with Crippen molar-refractivity contribution in [2.75, 3.05) is 11.5 Å². The van der Waals surface area contributed by atoms with Crippen LogP contribution >= 0.6 is 11.6 Å². The molecule has 5 aromatic rings. The maximum atomic E-state index is 7.10. The number of ether oxygens (including phenoxy) is 1. The summed E-state index contributed by atoms with van der Waals surface area (Å²) in [5.74, 6) is 2.83. The fourth-order valence-electron chi connectivity index (χ4n) is 6.76. The number of aromatic nitrogens is 7. The minimum absolute atomic E-state index is 0.376. The maximum absolute atomic E-state index is 7.10. The third kappa shape index (κ3) is 5.58. The van der Waals surface area contributed by atoms with Gasteiger partial charge in [-0.1, -0.05) is 49.4 Å². The molecule has 226 valence electrons. The molecule has 2 fully saturated rings. The predicted octanol–water partition coefficient (Wildman–Crippen LogP) is 6.92. The first-order valence-corrected chi connectivity index (χ1v) is 19.4. The maximum Gasteiger partial charge on any atom is 0.248 e. The summed E-state index contributed by atoms with van der Waals surface area (Å²) in [6, 6.07) is 6.21. The molecule has 0 amide bonds. The van der Waals surface area contributed by atoms with Gasteiger partial charge in [0.15, 0.2) is 11.5 Å². The van der Waals surface area contributed by atoms with Crippen molar-refractivity contribution in [2.24, 2.45) is 5.92 Å². The Bertz CT molecular complexity index is 1780. The first-order chi connectivity index (χ1) is 20.6. The van der Waals surface area contributed by atoms with Crippen LogP contribution in [0.1, 0.15) is 44.3 Å². The molecule has 7 rings (SSSR count). The average Bonchev–Trinajstić information content (AvgIpc) is 3.71. The van der Waals surface area contributed by atoms with E-state index in [1.165, 1.54) is 25.7 Å². The number of benzene rings is 1. The van der Waals surface area contributed by atoms with Crippen molar-refractivity contribution >= 4 is 47.6 Å². The van der Waals surface area contributed by atoms with E-state index in [0.717, 1.165) is 57.6 Å². The number of hydrogen-bond acceptors (Lipinski definition) is 8. The van der Waals surface area contributed by atoms with E-state index in [1.807, 2.05) is 24.5 Å². The molecule has 0 saturated carbocycles. The summed E-state index contributed by atoms with van der Waals surface area (Å²) in [4.78, 5) is 17.1. The molecule has 0 spiro atoms. The monoisotopic (exact) mass is 618 g/mol. The van der Waals surface area contributed by atoms with E-state index in [1.54, 1.807) is 11.6 Å². The molecule has 3 atom stereocenters. The first kappa shape index (κ1) is 28.5. The Morgan fingerprint density at radius 2 is 1.86 bits per heavy atom. The molecule has 0 radical (unpaired) electrons. The van der Waals surface area contributed by atoms with Crippen molar-refractivity contribution < 1.29 is 9.26 Å². The van der Waals surface area contributed by atoms with E-state index in [0.29, 0.717) is 42.1 Å². The van der Waals surface area contributed by atoms with Gasteiger partial charge in [0.1, 0.15) is 24.6 Å². The van der Waals surface area contributed by atoms with Gasteiger partial charge in [0, 0.05) is 55.7 Å². The van der Waals surface area contributed by atoms with Crippen LogP contribution in [-0.2, 0) is 18.0 Å². The highest BCUT2D eigenvalue weighted by Crippen LogP contribution is 2.42. The third-order valence-corrected chi connectivity index (χ3v) is 11.0.